The maximum absolute atomic E-state index is 13.4. The Hall–Kier alpha value is -0.970. The number of benzene rings is 1. The fraction of sp³-hybridized carbons (Fsp3) is 0.300. The van der Waals surface area contributed by atoms with E-state index in [9.17, 15) is 8.78 Å². The van der Waals surface area contributed by atoms with Crippen molar-refractivity contribution in [2.75, 3.05) is 0 Å². The van der Waals surface area contributed by atoms with Gasteiger partial charge in [0.1, 0.15) is 0 Å². The lowest BCUT2D eigenvalue weighted by Gasteiger charge is -2.12. The topological polar surface area (TPSA) is 28.7 Å². The van der Waals surface area contributed by atoms with Crippen LogP contribution in [0.2, 0.25) is 0 Å². The molecule has 0 unspecified atom stereocenters. The number of rotatable bonds is 1. The number of H-pyrrole nitrogens is 1. The van der Waals surface area contributed by atoms with E-state index in [4.69, 9.17) is 0 Å². The minimum atomic E-state index is -2.86. The molecular weight excluding hydrogens is 266 g/mol. The molecule has 1 N–H and O–H groups in total. The fourth-order valence-corrected chi connectivity index (χ4v) is 2.07. The number of nitrogens with one attached hydrogen (secondary N) is 1. The van der Waals surface area contributed by atoms with Crippen molar-refractivity contribution in [1.82, 2.24) is 10.2 Å². The van der Waals surface area contributed by atoms with Crippen molar-refractivity contribution in [3.63, 3.8) is 0 Å². The molecule has 2 aromatic rings. The van der Waals surface area contributed by atoms with Crippen molar-refractivity contribution >= 4 is 26.8 Å². The van der Waals surface area contributed by atoms with Crippen LogP contribution in [0.25, 0.3) is 10.9 Å². The van der Waals surface area contributed by atoms with Crippen LogP contribution in [0.4, 0.5) is 8.78 Å². The number of nitrogens with zero attached hydrogens (tertiary/aromatic N) is 1. The lowest BCUT2D eigenvalue weighted by Crippen LogP contribution is -2.07. The smallest absolute Gasteiger partial charge is 0.271 e. The summed E-state index contributed by atoms with van der Waals surface area (Å²) in [6.07, 6.45) is 0. The summed E-state index contributed by atoms with van der Waals surface area (Å²) >= 11 is 3.20. The third kappa shape index (κ3) is 1.76. The molecule has 0 aliphatic rings. The summed E-state index contributed by atoms with van der Waals surface area (Å²) < 4.78 is 27.3. The van der Waals surface area contributed by atoms with E-state index in [0.29, 0.717) is 21.1 Å². The first kappa shape index (κ1) is 10.5. The maximum Gasteiger partial charge on any atom is 0.271 e. The molecule has 0 radical (unpaired) electrons. The van der Waals surface area contributed by atoms with Crippen molar-refractivity contribution in [1.29, 1.82) is 0 Å². The van der Waals surface area contributed by atoms with Gasteiger partial charge in [-0.2, -0.15) is 5.10 Å². The molecule has 0 spiro atoms. The normalized spacial score (nSPS) is 12.3. The molecule has 1 aromatic carbocycles. The highest BCUT2D eigenvalue weighted by atomic mass is 79.9. The molecule has 80 valence electrons. The predicted molar refractivity (Wildman–Crippen MR) is 58.1 cm³/mol. The van der Waals surface area contributed by atoms with Gasteiger partial charge in [-0.3, -0.25) is 5.10 Å². The zero-order chi connectivity index (χ0) is 11.2. The quantitative estimate of drug-likeness (QED) is 0.843. The van der Waals surface area contributed by atoms with Crippen LogP contribution >= 0.6 is 15.9 Å². The highest BCUT2D eigenvalue weighted by Crippen LogP contribution is 2.36. The summed E-state index contributed by atoms with van der Waals surface area (Å²) in [6, 6.07) is 3.15. The number of alkyl halides is 2. The number of fused-ring (bicyclic) bond motifs is 1. The largest absolute Gasteiger partial charge is 0.282 e. The van der Waals surface area contributed by atoms with E-state index < -0.39 is 5.92 Å². The van der Waals surface area contributed by atoms with Gasteiger partial charge >= 0.3 is 0 Å². The second-order valence-electron chi connectivity index (χ2n) is 3.58. The van der Waals surface area contributed by atoms with E-state index in [2.05, 4.69) is 26.1 Å². The van der Waals surface area contributed by atoms with Crippen LogP contribution in [0, 0.1) is 6.92 Å². The van der Waals surface area contributed by atoms with Crippen molar-refractivity contribution < 1.29 is 8.78 Å². The molecule has 15 heavy (non-hydrogen) atoms. The van der Waals surface area contributed by atoms with Crippen molar-refractivity contribution in [3.05, 3.63) is 27.9 Å². The fourth-order valence-electron chi connectivity index (χ4n) is 1.62. The lowest BCUT2D eigenvalue weighted by molar-refractivity contribution is 0.0190. The Kier molecular flexibility index (Phi) is 2.30. The molecule has 0 saturated heterocycles. The number of aromatic nitrogens is 2. The maximum atomic E-state index is 13.4. The summed E-state index contributed by atoms with van der Waals surface area (Å²) in [6.45, 7) is 2.62. The first-order valence-electron chi connectivity index (χ1n) is 4.42. The third-order valence-electron chi connectivity index (χ3n) is 2.27. The van der Waals surface area contributed by atoms with Crippen LogP contribution in [-0.4, -0.2) is 10.2 Å². The molecule has 0 fully saturated rings. The Morgan fingerprint density at radius 2 is 2.07 bits per heavy atom. The number of aromatic amines is 1. The first-order valence-corrected chi connectivity index (χ1v) is 5.21. The van der Waals surface area contributed by atoms with Gasteiger partial charge in [0.25, 0.3) is 5.92 Å². The Morgan fingerprint density at radius 3 is 2.67 bits per heavy atom. The summed E-state index contributed by atoms with van der Waals surface area (Å²) in [5.74, 6) is -2.86. The number of hydrogen-bond acceptors (Lipinski definition) is 1. The van der Waals surface area contributed by atoms with Gasteiger partial charge in [-0.25, -0.2) is 8.78 Å². The van der Waals surface area contributed by atoms with Crippen LogP contribution < -0.4 is 0 Å². The van der Waals surface area contributed by atoms with Crippen LogP contribution in [0.3, 0.4) is 0 Å². The van der Waals surface area contributed by atoms with Gasteiger partial charge in [0.05, 0.1) is 5.52 Å². The Balaban J connectivity index is 2.87. The SMILES string of the molecule is Cc1[nH]nc2cc(Br)cc(C(C)(F)F)c12. The summed E-state index contributed by atoms with van der Waals surface area (Å²) in [5.41, 5.74) is 1.21. The van der Waals surface area contributed by atoms with Crippen LogP contribution in [0.1, 0.15) is 18.2 Å². The van der Waals surface area contributed by atoms with Gasteiger partial charge in [0, 0.05) is 28.0 Å². The van der Waals surface area contributed by atoms with E-state index >= 15 is 0 Å². The Labute approximate surface area is 93.8 Å². The number of hydrogen-bond donors (Lipinski definition) is 1. The minimum Gasteiger partial charge on any atom is -0.282 e. The highest BCUT2D eigenvalue weighted by Gasteiger charge is 2.28. The van der Waals surface area contributed by atoms with E-state index in [1.54, 1.807) is 13.0 Å². The number of aryl methyl sites for hydroxylation is 1. The van der Waals surface area contributed by atoms with E-state index in [-0.39, 0.29) is 5.56 Å². The molecule has 0 saturated carbocycles. The molecule has 0 atom stereocenters. The zero-order valence-electron chi connectivity index (χ0n) is 8.24. The number of halogens is 3. The van der Waals surface area contributed by atoms with Crippen LogP contribution in [0.5, 0.6) is 0 Å². The highest BCUT2D eigenvalue weighted by molar-refractivity contribution is 9.10. The second-order valence-corrected chi connectivity index (χ2v) is 4.50. The minimum absolute atomic E-state index is 0.00174. The zero-order valence-corrected chi connectivity index (χ0v) is 9.82. The molecule has 1 heterocycles. The third-order valence-corrected chi connectivity index (χ3v) is 2.73. The molecular formula is C10H9BrF2N2. The van der Waals surface area contributed by atoms with Crippen LogP contribution in [-0.2, 0) is 5.92 Å². The van der Waals surface area contributed by atoms with E-state index in [1.807, 2.05) is 0 Å². The summed E-state index contributed by atoms with van der Waals surface area (Å²) in [7, 11) is 0. The lowest BCUT2D eigenvalue weighted by atomic mass is 10.0. The summed E-state index contributed by atoms with van der Waals surface area (Å²) in [5, 5.41) is 7.18. The molecule has 0 aliphatic heterocycles. The Bertz CT molecular complexity index is 514. The van der Waals surface area contributed by atoms with Gasteiger partial charge in [-0.05, 0) is 19.1 Å². The first-order chi connectivity index (χ1) is 6.89. The second kappa shape index (κ2) is 3.27. The molecule has 0 bridgehead atoms. The molecule has 2 nitrogen and oxygen atoms in total. The van der Waals surface area contributed by atoms with E-state index in [0.717, 1.165) is 6.92 Å². The van der Waals surface area contributed by atoms with Crippen molar-refractivity contribution in [2.45, 2.75) is 19.8 Å². The van der Waals surface area contributed by atoms with Gasteiger partial charge < -0.3 is 0 Å². The molecule has 5 heteroatoms. The van der Waals surface area contributed by atoms with Gasteiger partial charge in [-0.15, -0.1) is 0 Å². The standard InChI is InChI=1S/C10H9BrF2N2/c1-5-9-7(10(2,12)13)3-6(11)4-8(9)15-14-5/h3-4H,1-2H3,(H,14,15). The van der Waals surface area contributed by atoms with Gasteiger partial charge in [0.15, 0.2) is 0 Å². The van der Waals surface area contributed by atoms with E-state index in [1.165, 1.54) is 6.07 Å². The van der Waals surface area contributed by atoms with Crippen LogP contribution in [0.15, 0.2) is 16.6 Å². The van der Waals surface area contributed by atoms with Crippen molar-refractivity contribution in [3.8, 4) is 0 Å². The molecule has 1 aromatic heterocycles. The van der Waals surface area contributed by atoms with Gasteiger partial charge in [0.2, 0.25) is 0 Å². The monoisotopic (exact) mass is 274 g/mol. The van der Waals surface area contributed by atoms with Gasteiger partial charge in [-0.1, -0.05) is 15.9 Å². The molecule has 0 amide bonds. The average Bonchev–Trinajstić information content (AvgIpc) is 2.44. The Morgan fingerprint density at radius 1 is 1.40 bits per heavy atom. The average molecular weight is 275 g/mol. The summed E-state index contributed by atoms with van der Waals surface area (Å²) in [4.78, 5) is 0. The molecule has 2 rings (SSSR count). The predicted octanol–water partition coefficient (Wildman–Crippen LogP) is 3.75. The van der Waals surface area contributed by atoms with Crippen molar-refractivity contribution in [2.24, 2.45) is 0 Å². The molecule has 0 aliphatic carbocycles.